The smallest absolute Gasteiger partial charge is 0.244 e. The Labute approximate surface area is 119 Å². The molecular weight excluding hydrogens is 280 g/mol. The van der Waals surface area contributed by atoms with Crippen molar-refractivity contribution >= 4 is 21.4 Å². The van der Waals surface area contributed by atoms with E-state index in [1.54, 1.807) is 4.31 Å². The predicted molar refractivity (Wildman–Crippen MR) is 78.9 cm³/mol. The first-order valence-corrected chi connectivity index (χ1v) is 8.91. The standard InChI is InChI=1S/C13H22N2O2S2/c1-9-6-15(7-10(9)2)19(16,17)13-11(3)8-18-12(13)5-14-4/h8-10,14H,5-7H2,1-4H3. The van der Waals surface area contributed by atoms with Crippen molar-refractivity contribution in [1.82, 2.24) is 9.62 Å². The van der Waals surface area contributed by atoms with Crippen molar-refractivity contribution in [2.75, 3.05) is 20.1 Å². The normalized spacial score (nSPS) is 25.1. The van der Waals surface area contributed by atoms with Crippen molar-refractivity contribution in [3.8, 4) is 0 Å². The number of hydrogen-bond donors (Lipinski definition) is 1. The number of nitrogens with zero attached hydrogens (tertiary/aromatic N) is 1. The molecule has 1 aliphatic heterocycles. The highest BCUT2D eigenvalue weighted by molar-refractivity contribution is 7.89. The van der Waals surface area contributed by atoms with E-state index in [0.717, 1.165) is 10.4 Å². The van der Waals surface area contributed by atoms with Gasteiger partial charge in [-0.15, -0.1) is 11.3 Å². The first-order chi connectivity index (χ1) is 8.87. The van der Waals surface area contributed by atoms with Crippen LogP contribution in [0.25, 0.3) is 0 Å². The van der Waals surface area contributed by atoms with Gasteiger partial charge in [-0.2, -0.15) is 4.31 Å². The molecule has 1 fully saturated rings. The fourth-order valence-electron chi connectivity index (χ4n) is 2.52. The van der Waals surface area contributed by atoms with Gasteiger partial charge in [0.1, 0.15) is 4.90 Å². The molecule has 0 amide bonds. The first-order valence-electron chi connectivity index (χ1n) is 6.59. The summed E-state index contributed by atoms with van der Waals surface area (Å²) in [6, 6.07) is 0. The van der Waals surface area contributed by atoms with Gasteiger partial charge in [0.2, 0.25) is 10.0 Å². The van der Waals surface area contributed by atoms with Gasteiger partial charge in [0.05, 0.1) is 0 Å². The number of thiophene rings is 1. The Morgan fingerprint density at radius 2 is 1.95 bits per heavy atom. The van der Waals surface area contributed by atoms with E-state index in [2.05, 4.69) is 19.2 Å². The molecule has 108 valence electrons. The third-order valence-electron chi connectivity index (χ3n) is 3.88. The van der Waals surface area contributed by atoms with E-state index in [1.165, 1.54) is 11.3 Å². The molecule has 19 heavy (non-hydrogen) atoms. The maximum absolute atomic E-state index is 12.8. The summed E-state index contributed by atoms with van der Waals surface area (Å²) >= 11 is 1.52. The molecule has 2 atom stereocenters. The van der Waals surface area contributed by atoms with Gasteiger partial charge >= 0.3 is 0 Å². The summed E-state index contributed by atoms with van der Waals surface area (Å²) in [7, 11) is -1.50. The van der Waals surface area contributed by atoms with E-state index in [-0.39, 0.29) is 0 Å². The third-order valence-corrected chi connectivity index (χ3v) is 7.18. The van der Waals surface area contributed by atoms with Crippen LogP contribution < -0.4 is 5.32 Å². The molecule has 0 aromatic carbocycles. The Morgan fingerprint density at radius 1 is 1.37 bits per heavy atom. The van der Waals surface area contributed by atoms with Gasteiger partial charge in [0.15, 0.2) is 0 Å². The van der Waals surface area contributed by atoms with Gasteiger partial charge in [0.25, 0.3) is 0 Å². The number of aryl methyl sites for hydroxylation is 1. The largest absolute Gasteiger partial charge is 0.315 e. The lowest BCUT2D eigenvalue weighted by Crippen LogP contribution is -2.30. The highest BCUT2D eigenvalue weighted by Crippen LogP contribution is 2.33. The first kappa shape index (κ1) is 15.0. The van der Waals surface area contributed by atoms with E-state index in [4.69, 9.17) is 0 Å². The van der Waals surface area contributed by atoms with Gasteiger partial charge in [-0.05, 0) is 36.8 Å². The molecule has 1 saturated heterocycles. The molecule has 2 heterocycles. The third kappa shape index (κ3) is 2.72. The maximum atomic E-state index is 12.8. The van der Waals surface area contributed by atoms with Gasteiger partial charge in [-0.1, -0.05) is 13.8 Å². The minimum atomic E-state index is -3.34. The van der Waals surface area contributed by atoms with E-state index < -0.39 is 10.0 Å². The molecule has 1 aromatic heterocycles. The lowest BCUT2D eigenvalue weighted by Gasteiger charge is -2.17. The average molecular weight is 302 g/mol. The van der Waals surface area contributed by atoms with Crippen LogP contribution in [0, 0.1) is 18.8 Å². The highest BCUT2D eigenvalue weighted by atomic mass is 32.2. The lowest BCUT2D eigenvalue weighted by atomic mass is 10.0. The summed E-state index contributed by atoms with van der Waals surface area (Å²) < 4.78 is 27.3. The van der Waals surface area contributed by atoms with Crippen molar-refractivity contribution < 1.29 is 8.42 Å². The van der Waals surface area contributed by atoms with Gasteiger partial charge < -0.3 is 5.32 Å². The van der Waals surface area contributed by atoms with Crippen molar-refractivity contribution in [2.45, 2.75) is 32.2 Å². The minimum Gasteiger partial charge on any atom is -0.315 e. The summed E-state index contributed by atoms with van der Waals surface area (Å²) in [5, 5.41) is 4.98. The SMILES string of the molecule is CNCc1scc(C)c1S(=O)(=O)N1CC(C)C(C)C1. The van der Waals surface area contributed by atoms with Crippen LogP contribution >= 0.6 is 11.3 Å². The Kier molecular flexibility index (Phi) is 4.35. The topological polar surface area (TPSA) is 49.4 Å². The quantitative estimate of drug-likeness (QED) is 0.926. The zero-order valence-electron chi connectivity index (χ0n) is 11.9. The maximum Gasteiger partial charge on any atom is 0.244 e. The van der Waals surface area contributed by atoms with Crippen LogP contribution in [0.15, 0.2) is 10.3 Å². The second-order valence-corrected chi connectivity index (χ2v) is 8.32. The highest BCUT2D eigenvalue weighted by Gasteiger charge is 2.37. The fourth-order valence-corrected chi connectivity index (χ4v) is 5.93. The van der Waals surface area contributed by atoms with Crippen LogP contribution in [0.5, 0.6) is 0 Å². The molecule has 4 nitrogen and oxygen atoms in total. The molecule has 1 N–H and O–H groups in total. The summed E-state index contributed by atoms with van der Waals surface area (Å²) in [6.45, 7) is 8.00. The number of nitrogens with one attached hydrogen (secondary N) is 1. The molecule has 0 bridgehead atoms. The predicted octanol–water partition coefficient (Wildman–Crippen LogP) is 2.05. The van der Waals surface area contributed by atoms with E-state index in [1.807, 2.05) is 19.4 Å². The minimum absolute atomic E-state index is 0.432. The Balaban J connectivity index is 2.37. The van der Waals surface area contributed by atoms with Crippen molar-refractivity contribution in [1.29, 1.82) is 0 Å². The van der Waals surface area contributed by atoms with Crippen molar-refractivity contribution in [2.24, 2.45) is 11.8 Å². The Hall–Kier alpha value is -0.430. The summed E-state index contributed by atoms with van der Waals surface area (Å²) in [6.07, 6.45) is 0. The molecule has 1 aromatic rings. The monoisotopic (exact) mass is 302 g/mol. The van der Waals surface area contributed by atoms with E-state index in [0.29, 0.717) is 36.4 Å². The molecule has 1 aliphatic rings. The summed E-state index contributed by atoms with van der Waals surface area (Å²) in [5.74, 6) is 0.864. The fraction of sp³-hybridized carbons (Fsp3) is 0.692. The molecule has 2 unspecified atom stereocenters. The molecule has 0 aliphatic carbocycles. The van der Waals surface area contributed by atoms with Crippen LogP contribution in [0.4, 0.5) is 0 Å². The molecule has 0 radical (unpaired) electrons. The molecule has 6 heteroatoms. The van der Waals surface area contributed by atoms with Crippen molar-refractivity contribution in [3.63, 3.8) is 0 Å². The zero-order valence-corrected chi connectivity index (χ0v) is 13.6. The van der Waals surface area contributed by atoms with Crippen LogP contribution in [-0.2, 0) is 16.6 Å². The van der Waals surface area contributed by atoms with Crippen LogP contribution in [0.3, 0.4) is 0 Å². The van der Waals surface area contributed by atoms with Crippen molar-refractivity contribution in [3.05, 3.63) is 15.8 Å². The molecule has 0 spiro atoms. The number of hydrogen-bond acceptors (Lipinski definition) is 4. The van der Waals surface area contributed by atoms with E-state index in [9.17, 15) is 8.42 Å². The summed E-state index contributed by atoms with van der Waals surface area (Å²) in [5.41, 5.74) is 0.863. The van der Waals surface area contributed by atoms with Gasteiger partial charge in [0, 0.05) is 24.5 Å². The van der Waals surface area contributed by atoms with Crippen LogP contribution in [0.1, 0.15) is 24.3 Å². The second kappa shape index (κ2) is 5.52. The Bertz CT molecular complexity index is 541. The number of rotatable bonds is 4. The molecule has 2 rings (SSSR count). The zero-order chi connectivity index (χ0) is 14.2. The molecule has 0 saturated carbocycles. The molecular formula is C13H22N2O2S2. The Morgan fingerprint density at radius 3 is 2.47 bits per heavy atom. The van der Waals surface area contributed by atoms with E-state index >= 15 is 0 Å². The number of sulfonamides is 1. The summed E-state index contributed by atoms with van der Waals surface area (Å²) in [4.78, 5) is 1.43. The average Bonchev–Trinajstić information content (AvgIpc) is 2.85. The second-order valence-electron chi connectivity index (χ2n) is 5.48. The van der Waals surface area contributed by atoms with Crippen LogP contribution in [-0.4, -0.2) is 32.9 Å². The van der Waals surface area contributed by atoms with Gasteiger partial charge in [-0.3, -0.25) is 0 Å². The van der Waals surface area contributed by atoms with Gasteiger partial charge in [-0.25, -0.2) is 8.42 Å². The van der Waals surface area contributed by atoms with Crippen LogP contribution in [0.2, 0.25) is 0 Å². The lowest BCUT2D eigenvalue weighted by molar-refractivity contribution is 0.462.